The van der Waals surface area contributed by atoms with Gasteiger partial charge in [-0.3, -0.25) is 4.79 Å². The van der Waals surface area contributed by atoms with Gasteiger partial charge in [-0.2, -0.15) is 0 Å². The molecule has 0 heterocycles. The summed E-state index contributed by atoms with van der Waals surface area (Å²) in [7, 11) is 0. The van der Waals surface area contributed by atoms with Crippen LogP contribution in [0.3, 0.4) is 0 Å². The maximum Gasteiger partial charge on any atom is 0.223 e. The Kier molecular flexibility index (Phi) is 5.09. The van der Waals surface area contributed by atoms with Crippen LogP contribution in [0.2, 0.25) is 0 Å². The van der Waals surface area contributed by atoms with E-state index in [9.17, 15) is 4.79 Å². The Morgan fingerprint density at radius 1 is 1.40 bits per heavy atom. The van der Waals surface area contributed by atoms with Gasteiger partial charge in [0.2, 0.25) is 5.91 Å². The minimum absolute atomic E-state index is 0.294. The Balaban J connectivity index is 2.51. The van der Waals surface area contributed by atoms with Crippen molar-refractivity contribution in [2.45, 2.75) is 52.0 Å². The Morgan fingerprint density at radius 2 is 2.00 bits per heavy atom. The molecule has 3 heteroatoms. The topological polar surface area (TPSA) is 46.3 Å². The zero-order valence-corrected chi connectivity index (χ0v) is 10.0. The van der Waals surface area contributed by atoms with E-state index < -0.39 is 0 Å². The van der Waals surface area contributed by atoms with Crippen LogP contribution in [0, 0.1) is 5.92 Å². The zero-order chi connectivity index (χ0) is 11.3. The first kappa shape index (κ1) is 12.5. The SMILES string of the molecule is CC(C)CC(=O)N(CCN)C1CCCC1. The third-order valence-corrected chi connectivity index (χ3v) is 3.04. The smallest absolute Gasteiger partial charge is 0.223 e. The third kappa shape index (κ3) is 3.82. The van der Waals surface area contributed by atoms with Gasteiger partial charge in [-0.25, -0.2) is 0 Å². The summed E-state index contributed by atoms with van der Waals surface area (Å²) >= 11 is 0. The number of hydrogen-bond donors (Lipinski definition) is 1. The summed E-state index contributed by atoms with van der Waals surface area (Å²) in [5.74, 6) is 0.738. The van der Waals surface area contributed by atoms with E-state index in [1.54, 1.807) is 0 Å². The maximum atomic E-state index is 12.0. The van der Waals surface area contributed by atoms with Gasteiger partial charge in [0.05, 0.1) is 0 Å². The second kappa shape index (κ2) is 6.11. The average Bonchev–Trinajstić information content (AvgIpc) is 2.65. The van der Waals surface area contributed by atoms with Crippen molar-refractivity contribution in [1.82, 2.24) is 4.90 Å². The lowest BCUT2D eigenvalue weighted by molar-refractivity contribution is -0.134. The van der Waals surface area contributed by atoms with Crippen LogP contribution in [0.1, 0.15) is 46.0 Å². The van der Waals surface area contributed by atoms with Crippen LogP contribution >= 0.6 is 0 Å². The van der Waals surface area contributed by atoms with E-state index in [4.69, 9.17) is 5.73 Å². The third-order valence-electron chi connectivity index (χ3n) is 3.04. The first-order chi connectivity index (χ1) is 7.15. The first-order valence-corrected chi connectivity index (χ1v) is 6.14. The van der Waals surface area contributed by atoms with Crippen LogP contribution in [-0.4, -0.2) is 29.9 Å². The van der Waals surface area contributed by atoms with E-state index in [0.717, 1.165) is 6.54 Å². The predicted molar refractivity (Wildman–Crippen MR) is 62.5 cm³/mol. The lowest BCUT2D eigenvalue weighted by atomic mass is 10.1. The molecule has 0 aliphatic heterocycles. The molecule has 88 valence electrons. The molecule has 1 aliphatic carbocycles. The molecular formula is C12H24N2O. The number of carbonyl (C=O) groups is 1. The monoisotopic (exact) mass is 212 g/mol. The van der Waals surface area contributed by atoms with Crippen molar-refractivity contribution in [2.75, 3.05) is 13.1 Å². The molecule has 1 rings (SSSR count). The minimum atomic E-state index is 0.294. The summed E-state index contributed by atoms with van der Waals surface area (Å²) in [5, 5.41) is 0. The lowest BCUT2D eigenvalue weighted by Gasteiger charge is -2.29. The average molecular weight is 212 g/mol. The lowest BCUT2D eigenvalue weighted by Crippen LogP contribution is -2.42. The molecule has 0 aromatic rings. The Hall–Kier alpha value is -0.570. The molecule has 0 saturated heterocycles. The Morgan fingerprint density at radius 3 is 2.47 bits per heavy atom. The van der Waals surface area contributed by atoms with E-state index in [1.807, 2.05) is 4.90 Å². The van der Waals surface area contributed by atoms with Crippen LogP contribution < -0.4 is 5.73 Å². The van der Waals surface area contributed by atoms with Crippen LogP contribution in [0.4, 0.5) is 0 Å². The van der Waals surface area contributed by atoms with Crippen LogP contribution in [0.15, 0.2) is 0 Å². The second-order valence-corrected chi connectivity index (χ2v) is 4.91. The quantitative estimate of drug-likeness (QED) is 0.755. The number of carbonyl (C=O) groups excluding carboxylic acids is 1. The van der Waals surface area contributed by atoms with Crippen molar-refractivity contribution < 1.29 is 4.79 Å². The van der Waals surface area contributed by atoms with Crippen molar-refractivity contribution in [3.05, 3.63) is 0 Å². The Labute approximate surface area is 93.0 Å². The highest BCUT2D eigenvalue weighted by molar-refractivity contribution is 5.76. The molecule has 0 bridgehead atoms. The molecule has 3 nitrogen and oxygen atoms in total. The predicted octanol–water partition coefficient (Wildman–Crippen LogP) is 1.76. The number of nitrogens with zero attached hydrogens (tertiary/aromatic N) is 1. The van der Waals surface area contributed by atoms with Gasteiger partial charge >= 0.3 is 0 Å². The van der Waals surface area contributed by atoms with Gasteiger partial charge in [0.1, 0.15) is 0 Å². The molecule has 15 heavy (non-hydrogen) atoms. The fourth-order valence-electron chi connectivity index (χ4n) is 2.33. The summed E-state index contributed by atoms with van der Waals surface area (Å²) in [5.41, 5.74) is 5.57. The molecule has 0 aromatic heterocycles. The van der Waals surface area contributed by atoms with Crippen molar-refractivity contribution >= 4 is 5.91 Å². The number of amides is 1. The van der Waals surface area contributed by atoms with Gasteiger partial charge in [0.25, 0.3) is 0 Å². The van der Waals surface area contributed by atoms with Crippen LogP contribution in [-0.2, 0) is 4.79 Å². The number of hydrogen-bond acceptors (Lipinski definition) is 2. The van der Waals surface area contributed by atoms with Crippen molar-refractivity contribution in [2.24, 2.45) is 11.7 Å². The zero-order valence-electron chi connectivity index (χ0n) is 10.0. The summed E-state index contributed by atoms with van der Waals surface area (Å²) in [4.78, 5) is 14.0. The van der Waals surface area contributed by atoms with Crippen LogP contribution in [0.5, 0.6) is 0 Å². The fourth-order valence-corrected chi connectivity index (χ4v) is 2.33. The van der Waals surface area contributed by atoms with Gasteiger partial charge in [0.15, 0.2) is 0 Å². The summed E-state index contributed by atoms with van der Waals surface area (Å²) in [6.45, 7) is 5.50. The number of nitrogens with two attached hydrogens (primary N) is 1. The summed E-state index contributed by atoms with van der Waals surface area (Å²) < 4.78 is 0. The molecule has 0 aromatic carbocycles. The van der Waals surface area contributed by atoms with E-state index >= 15 is 0 Å². The standard InChI is InChI=1S/C12H24N2O/c1-10(2)9-12(15)14(8-7-13)11-5-3-4-6-11/h10-11H,3-9,13H2,1-2H3. The highest BCUT2D eigenvalue weighted by Gasteiger charge is 2.25. The van der Waals surface area contributed by atoms with Gasteiger partial charge in [0, 0.05) is 25.6 Å². The van der Waals surface area contributed by atoms with E-state index in [1.165, 1.54) is 25.7 Å². The van der Waals surface area contributed by atoms with Gasteiger partial charge in [-0.15, -0.1) is 0 Å². The molecule has 1 fully saturated rings. The molecule has 2 N–H and O–H groups in total. The maximum absolute atomic E-state index is 12.0. The molecule has 0 atom stereocenters. The van der Waals surface area contributed by atoms with Gasteiger partial charge in [-0.05, 0) is 18.8 Å². The highest BCUT2D eigenvalue weighted by Crippen LogP contribution is 2.24. The van der Waals surface area contributed by atoms with Gasteiger partial charge in [-0.1, -0.05) is 26.7 Å². The van der Waals surface area contributed by atoms with Crippen molar-refractivity contribution in [3.63, 3.8) is 0 Å². The highest BCUT2D eigenvalue weighted by atomic mass is 16.2. The molecule has 0 spiro atoms. The van der Waals surface area contributed by atoms with Gasteiger partial charge < -0.3 is 10.6 Å². The summed E-state index contributed by atoms with van der Waals surface area (Å²) in [6, 6.07) is 0.472. The van der Waals surface area contributed by atoms with Crippen molar-refractivity contribution in [1.29, 1.82) is 0 Å². The summed E-state index contributed by atoms with van der Waals surface area (Å²) in [6.07, 6.45) is 5.53. The Bertz CT molecular complexity index is 198. The minimum Gasteiger partial charge on any atom is -0.338 e. The molecule has 1 amide bonds. The molecule has 0 unspecified atom stereocenters. The molecule has 0 radical (unpaired) electrons. The molecular weight excluding hydrogens is 188 g/mol. The fraction of sp³-hybridized carbons (Fsp3) is 0.917. The first-order valence-electron chi connectivity index (χ1n) is 6.14. The largest absolute Gasteiger partial charge is 0.338 e. The second-order valence-electron chi connectivity index (χ2n) is 4.91. The van der Waals surface area contributed by atoms with Crippen LogP contribution in [0.25, 0.3) is 0 Å². The number of rotatable bonds is 5. The normalized spacial score (nSPS) is 17.3. The molecule has 1 saturated carbocycles. The van der Waals surface area contributed by atoms with E-state index in [0.29, 0.717) is 30.8 Å². The van der Waals surface area contributed by atoms with Crippen molar-refractivity contribution in [3.8, 4) is 0 Å². The van der Waals surface area contributed by atoms with E-state index in [-0.39, 0.29) is 0 Å². The van der Waals surface area contributed by atoms with E-state index in [2.05, 4.69) is 13.8 Å². The molecule has 1 aliphatic rings.